The predicted molar refractivity (Wildman–Crippen MR) is 102 cm³/mol. The van der Waals surface area contributed by atoms with Gasteiger partial charge in [0.25, 0.3) is 5.91 Å². The van der Waals surface area contributed by atoms with Gasteiger partial charge in [0, 0.05) is 25.8 Å². The highest BCUT2D eigenvalue weighted by Crippen LogP contribution is 2.18. The second-order valence-corrected chi connectivity index (χ2v) is 6.88. The second kappa shape index (κ2) is 8.15. The van der Waals surface area contributed by atoms with E-state index in [0.29, 0.717) is 5.56 Å². The van der Waals surface area contributed by atoms with Crippen molar-refractivity contribution in [2.24, 2.45) is 5.92 Å². The molecule has 1 fully saturated rings. The van der Waals surface area contributed by atoms with Crippen LogP contribution in [0.1, 0.15) is 48.2 Å². The van der Waals surface area contributed by atoms with E-state index in [1.54, 1.807) is 6.20 Å². The van der Waals surface area contributed by atoms with Gasteiger partial charge in [0.1, 0.15) is 5.82 Å². The number of anilines is 1. The van der Waals surface area contributed by atoms with E-state index in [9.17, 15) is 4.79 Å². The first-order chi connectivity index (χ1) is 12.2. The molecule has 0 unspecified atom stereocenters. The van der Waals surface area contributed by atoms with Crippen LogP contribution in [0.5, 0.6) is 0 Å². The molecular weight excluding hydrogens is 310 g/mol. The minimum Gasteiger partial charge on any atom is -0.366 e. The summed E-state index contributed by atoms with van der Waals surface area (Å²) in [5, 5.41) is 3.35. The van der Waals surface area contributed by atoms with E-state index >= 15 is 0 Å². The standard InChI is InChI=1S/C21H27N3O/c1-3-17-6-4-5-7-18(17)14-22-20-9-8-19(15-23-20)21(25)24-12-10-16(2)11-13-24/h4-9,15-16H,3,10-14H2,1-2H3,(H,22,23). The molecule has 2 aromatic rings. The minimum absolute atomic E-state index is 0.0993. The van der Waals surface area contributed by atoms with Gasteiger partial charge in [-0.3, -0.25) is 4.79 Å². The highest BCUT2D eigenvalue weighted by Gasteiger charge is 2.21. The maximum Gasteiger partial charge on any atom is 0.255 e. The smallest absolute Gasteiger partial charge is 0.255 e. The van der Waals surface area contributed by atoms with Gasteiger partial charge in [-0.1, -0.05) is 38.1 Å². The number of benzene rings is 1. The van der Waals surface area contributed by atoms with Crippen LogP contribution in [0.2, 0.25) is 0 Å². The number of carbonyl (C=O) groups excluding carboxylic acids is 1. The largest absolute Gasteiger partial charge is 0.366 e. The highest BCUT2D eigenvalue weighted by molar-refractivity contribution is 5.94. The van der Waals surface area contributed by atoms with Crippen LogP contribution in [0.3, 0.4) is 0 Å². The Hall–Kier alpha value is -2.36. The molecule has 25 heavy (non-hydrogen) atoms. The third-order valence-electron chi connectivity index (χ3n) is 5.04. The molecular formula is C21H27N3O. The molecule has 0 aliphatic carbocycles. The SMILES string of the molecule is CCc1ccccc1CNc1ccc(C(=O)N2CCC(C)CC2)cn1. The molecule has 0 saturated carbocycles. The van der Waals surface area contributed by atoms with Crippen LogP contribution in [-0.2, 0) is 13.0 Å². The van der Waals surface area contributed by atoms with Crippen LogP contribution in [0.4, 0.5) is 5.82 Å². The average Bonchev–Trinajstić information content (AvgIpc) is 2.67. The van der Waals surface area contributed by atoms with Crippen LogP contribution < -0.4 is 5.32 Å². The lowest BCUT2D eigenvalue weighted by Crippen LogP contribution is -2.37. The summed E-state index contributed by atoms with van der Waals surface area (Å²) in [6, 6.07) is 12.2. The van der Waals surface area contributed by atoms with Gasteiger partial charge in [0.2, 0.25) is 0 Å². The van der Waals surface area contributed by atoms with Crippen molar-refractivity contribution in [1.82, 2.24) is 9.88 Å². The number of nitrogens with zero attached hydrogens (tertiary/aromatic N) is 2. The summed E-state index contributed by atoms with van der Waals surface area (Å²) in [5.41, 5.74) is 3.31. The zero-order valence-electron chi connectivity index (χ0n) is 15.2. The third-order valence-corrected chi connectivity index (χ3v) is 5.04. The highest BCUT2D eigenvalue weighted by atomic mass is 16.2. The normalized spacial score (nSPS) is 15.2. The van der Waals surface area contributed by atoms with Gasteiger partial charge >= 0.3 is 0 Å². The third kappa shape index (κ3) is 4.38. The van der Waals surface area contributed by atoms with Crippen molar-refractivity contribution in [2.45, 2.75) is 39.7 Å². The van der Waals surface area contributed by atoms with E-state index in [0.717, 1.165) is 50.6 Å². The van der Waals surface area contributed by atoms with Crippen LogP contribution in [0, 0.1) is 5.92 Å². The van der Waals surface area contributed by atoms with Crippen LogP contribution in [-0.4, -0.2) is 28.9 Å². The Labute approximate surface area is 150 Å². The van der Waals surface area contributed by atoms with Crippen molar-refractivity contribution in [3.63, 3.8) is 0 Å². The Morgan fingerprint density at radius 2 is 1.88 bits per heavy atom. The van der Waals surface area contributed by atoms with E-state index in [1.807, 2.05) is 17.0 Å². The lowest BCUT2D eigenvalue weighted by Gasteiger charge is -2.30. The van der Waals surface area contributed by atoms with Crippen molar-refractivity contribution < 1.29 is 4.79 Å². The molecule has 4 heteroatoms. The van der Waals surface area contributed by atoms with Gasteiger partial charge in [-0.25, -0.2) is 4.98 Å². The monoisotopic (exact) mass is 337 g/mol. The van der Waals surface area contributed by atoms with E-state index in [-0.39, 0.29) is 5.91 Å². The molecule has 2 heterocycles. The van der Waals surface area contributed by atoms with Gasteiger partial charge in [0.15, 0.2) is 0 Å². The summed E-state index contributed by atoms with van der Waals surface area (Å²) < 4.78 is 0. The maximum atomic E-state index is 12.5. The number of hydrogen-bond donors (Lipinski definition) is 1. The molecule has 0 bridgehead atoms. The first-order valence-corrected chi connectivity index (χ1v) is 9.23. The Morgan fingerprint density at radius 3 is 2.52 bits per heavy atom. The Balaban J connectivity index is 1.59. The summed E-state index contributed by atoms with van der Waals surface area (Å²) in [4.78, 5) is 18.9. The summed E-state index contributed by atoms with van der Waals surface area (Å²) >= 11 is 0. The average molecular weight is 337 g/mol. The number of rotatable bonds is 5. The summed E-state index contributed by atoms with van der Waals surface area (Å²) in [6.45, 7) is 6.87. The lowest BCUT2D eigenvalue weighted by atomic mass is 9.99. The van der Waals surface area contributed by atoms with E-state index in [2.05, 4.69) is 48.4 Å². The van der Waals surface area contributed by atoms with Crippen molar-refractivity contribution in [1.29, 1.82) is 0 Å². The van der Waals surface area contributed by atoms with E-state index in [1.165, 1.54) is 11.1 Å². The molecule has 1 aromatic carbocycles. The minimum atomic E-state index is 0.0993. The summed E-state index contributed by atoms with van der Waals surface area (Å²) in [7, 11) is 0. The zero-order chi connectivity index (χ0) is 17.6. The first kappa shape index (κ1) is 17.5. The number of aromatic nitrogens is 1. The summed E-state index contributed by atoms with van der Waals surface area (Å²) in [5.74, 6) is 1.62. The number of nitrogens with one attached hydrogen (secondary N) is 1. The van der Waals surface area contributed by atoms with Gasteiger partial charge < -0.3 is 10.2 Å². The van der Waals surface area contributed by atoms with Crippen LogP contribution in [0.25, 0.3) is 0 Å². The predicted octanol–water partition coefficient (Wildman–Crippen LogP) is 4.13. The number of likely N-dealkylation sites (tertiary alicyclic amines) is 1. The maximum absolute atomic E-state index is 12.5. The zero-order valence-corrected chi connectivity index (χ0v) is 15.2. The molecule has 1 aliphatic rings. The van der Waals surface area contributed by atoms with Crippen LogP contribution >= 0.6 is 0 Å². The molecule has 0 spiro atoms. The Bertz CT molecular complexity index is 703. The van der Waals surface area contributed by atoms with E-state index in [4.69, 9.17) is 0 Å². The lowest BCUT2D eigenvalue weighted by molar-refractivity contribution is 0.0697. The van der Waals surface area contributed by atoms with Crippen LogP contribution in [0.15, 0.2) is 42.6 Å². The number of piperidine rings is 1. The molecule has 1 amide bonds. The van der Waals surface area contributed by atoms with Gasteiger partial charge in [-0.05, 0) is 48.4 Å². The molecule has 1 saturated heterocycles. The van der Waals surface area contributed by atoms with Crippen molar-refractivity contribution in [3.05, 3.63) is 59.3 Å². The number of pyridine rings is 1. The number of carbonyl (C=O) groups is 1. The van der Waals surface area contributed by atoms with Crippen molar-refractivity contribution in [3.8, 4) is 0 Å². The van der Waals surface area contributed by atoms with Gasteiger partial charge in [-0.15, -0.1) is 0 Å². The topological polar surface area (TPSA) is 45.2 Å². The fraction of sp³-hybridized carbons (Fsp3) is 0.429. The molecule has 4 nitrogen and oxygen atoms in total. The molecule has 0 radical (unpaired) electrons. The molecule has 3 rings (SSSR count). The molecule has 132 valence electrons. The molecule has 1 aromatic heterocycles. The van der Waals surface area contributed by atoms with Gasteiger partial charge in [0.05, 0.1) is 5.56 Å². The second-order valence-electron chi connectivity index (χ2n) is 6.88. The molecule has 0 atom stereocenters. The van der Waals surface area contributed by atoms with E-state index < -0.39 is 0 Å². The van der Waals surface area contributed by atoms with Crippen molar-refractivity contribution >= 4 is 11.7 Å². The molecule has 1 N–H and O–H groups in total. The first-order valence-electron chi connectivity index (χ1n) is 9.23. The molecule has 1 aliphatic heterocycles. The number of aryl methyl sites for hydroxylation is 1. The van der Waals surface area contributed by atoms with Gasteiger partial charge in [-0.2, -0.15) is 0 Å². The number of amides is 1. The quantitative estimate of drug-likeness (QED) is 0.892. The fourth-order valence-electron chi connectivity index (χ4n) is 3.28. The Morgan fingerprint density at radius 1 is 1.16 bits per heavy atom. The fourth-order valence-corrected chi connectivity index (χ4v) is 3.28. The Kier molecular flexibility index (Phi) is 5.69. The summed E-state index contributed by atoms with van der Waals surface area (Å²) in [6.07, 6.45) is 4.90. The number of hydrogen-bond acceptors (Lipinski definition) is 3. The van der Waals surface area contributed by atoms with Crippen molar-refractivity contribution in [2.75, 3.05) is 18.4 Å².